The molecule has 0 saturated heterocycles. The Morgan fingerprint density at radius 1 is 0.870 bits per heavy atom. The number of hydrogen-bond donors (Lipinski definition) is 3. The molecule has 1 aliphatic heterocycles. The molecule has 3 N–H and O–H groups in total. The van der Waals surface area contributed by atoms with Crippen molar-refractivity contribution in [1.29, 1.82) is 0 Å². The van der Waals surface area contributed by atoms with Crippen molar-refractivity contribution in [3.63, 3.8) is 0 Å². The number of rotatable bonds is 21. The van der Waals surface area contributed by atoms with Gasteiger partial charge in [0.05, 0.1) is 29.6 Å². The van der Waals surface area contributed by atoms with Crippen molar-refractivity contribution >= 4 is 36.0 Å². The molecule has 2 aromatic rings. The lowest BCUT2D eigenvalue weighted by Crippen LogP contribution is -2.31. The van der Waals surface area contributed by atoms with Crippen LogP contribution in [0.4, 0.5) is 5.69 Å². The van der Waals surface area contributed by atoms with Crippen LogP contribution in [0.3, 0.4) is 0 Å². The normalized spacial score (nSPS) is 18.7. The minimum Gasteiger partial charge on any atom is -0.384 e. The average Bonchev–Trinajstić information content (AvgIpc) is 3.30. The lowest BCUT2D eigenvalue weighted by Gasteiger charge is -2.33. The molecule has 0 aromatic heterocycles. The molecule has 15 heteroatoms. The first kappa shape index (κ1) is 45.0. The maximum Gasteiger partial charge on any atom is 0.294 e. The molecular weight excluding hydrogens is 755 g/mol. The van der Waals surface area contributed by atoms with Gasteiger partial charge in [-0.05, 0) is 98.1 Å². The smallest absolute Gasteiger partial charge is 0.294 e. The third-order valence-corrected chi connectivity index (χ3v) is 12.3. The molecule has 0 fully saturated rings. The van der Waals surface area contributed by atoms with Crippen molar-refractivity contribution in [3.05, 3.63) is 119 Å². The number of hydrogen-bond acceptors (Lipinski definition) is 9. The molecular formula is C39H53NO11S3. The zero-order valence-electron chi connectivity index (χ0n) is 31.6. The standard InChI is InChI=1S/C39H53NO11S3/c1-30-16-17-32(20-24-50-5)28-34(30)38(3,21-12-26-52(41,42)43)31(2)14-10-8-7-9-11-15-37-39(4,22-13-27-53(44,45)46)35-29-33(54(47,48)49)18-19-36(35)40(37)23-25-51-6/h7-11,14-19,28-29H,2,12-13,20-27H2,1,3-6H3,(H,41,42,43)(H,44,45,46)(H,47,48,49)/b8-7+,11-9+,14-10+,37-15+. The first-order chi connectivity index (χ1) is 25.2. The monoisotopic (exact) mass is 807 g/mol. The Hall–Kier alpha value is -3.41. The quantitative estimate of drug-likeness (QED) is 0.0914. The van der Waals surface area contributed by atoms with Crippen LogP contribution < -0.4 is 4.90 Å². The number of fused-ring (bicyclic) bond motifs is 1. The van der Waals surface area contributed by atoms with Gasteiger partial charge in [0.2, 0.25) is 0 Å². The average molecular weight is 808 g/mol. The van der Waals surface area contributed by atoms with Crippen molar-refractivity contribution in [2.75, 3.05) is 50.4 Å². The van der Waals surface area contributed by atoms with Crippen LogP contribution in [-0.2, 0) is 57.1 Å². The van der Waals surface area contributed by atoms with E-state index in [-0.39, 0.29) is 29.9 Å². The minimum atomic E-state index is -4.52. The summed E-state index contributed by atoms with van der Waals surface area (Å²) in [7, 11) is -9.70. The van der Waals surface area contributed by atoms with Crippen LogP contribution in [-0.4, -0.2) is 84.4 Å². The Labute approximate surface area is 321 Å². The minimum absolute atomic E-state index is 0.0876. The van der Waals surface area contributed by atoms with Gasteiger partial charge in [0, 0.05) is 43.0 Å². The fraction of sp³-hybridized carbons (Fsp3) is 0.436. The number of aryl methyl sites for hydroxylation is 1. The van der Waals surface area contributed by atoms with Gasteiger partial charge in [-0.1, -0.05) is 68.2 Å². The second-order valence-electron chi connectivity index (χ2n) is 13.8. The van der Waals surface area contributed by atoms with E-state index >= 15 is 0 Å². The predicted octanol–water partition coefficient (Wildman–Crippen LogP) is 6.56. The lowest BCUT2D eigenvalue weighted by atomic mass is 9.71. The molecule has 12 nitrogen and oxygen atoms in total. The predicted molar refractivity (Wildman–Crippen MR) is 213 cm³/mol. The van der Waals surface area contributed by atoms with Gasteiger partial charge < -0.3 is 14.4 Å². The largest absolute Gasteiger partial charge is 0.384 e. The van der Waals surface area contributed by atoms with Gasteiger partial charge in [-0.2, -0.15) is 25.3 Å². The molecule has 2 atom stereocenters. The van der Waals surface area contributed by atoms with E-state index in [1.165, 1.54) is 12.1 Å². The molecule has 0 aliphatic carbocycles. The van der Waals surface area contributed by atoms with Crippen molar-refractivity contribution in [1.82, 2.24) is 0 Å². The molecule has 3 rings (SSSR count). The van der Waals surface area contributed by atoms with Gasteiger partial charge in [-0.15, -0.1) is 0 Å². The van der Waals surface area contributed by atoms with Crippen LogP contribution in [0.15, 0.2) is 102 Å². The zero-order chi connectivity index (χ0) is 40.4. The summed E-state index contributed by atoms with van der Waals surface area (Å²) in [6.07, 6.45) is 14.5. The number of ether oxygens (including phenoxy) is 2. The molecule has 1 aliphatic rings. The van der Waals surface area contributed by atoms with Crippen molar-refractivity contribution in [3.8, 4) is 0 Å². The molecule has 54 heavy (non-hydrogen) atoms. The van der Waals surface area contributed by atoms with Crippen LogP contribution in [0, 0.1) is 6.92 Å². The van der Waals surface area contributed by atoms with E-state index in [0.717, 1.165) is 28.0 Å². The molecule has 298 valence electrons. The molecule has 2 unspecified atom stereocenters. The van der Waals surface area contributed by atoms with Gasteiger partial charge >= 0.3 is 0 Å². The first-order valence-corrected chi connectivity index (χ1v) is 22.1. The summed E-state index contributed by atoms with van der Waals surface area (Å²) in [4.78, 5) is 1.68. The summed E-state index contributed by atoms with van der Waals surface area (Å²) in [5.41, 5.74) is 4.35. The van der Waals surface area contributed by atoms with E-state index in [1.54, 1.807) is 38.5 Å². The highest BCUT2D eigenvalue weighted by Crippen LogP contribution is 2.51. The van der Waals surface area contributed by atoms with E-state index in [4.69, 9.17) is 9.47 Å². The topological polar surface area (TPSA) is 185 Å². The third-order valence-electron chi connectivity index (χ3n) is 9.88. The molecule has 1 heterocycles. The summed E-state index contributed by atoms with van der Waals surface area (Å²) >= 11 is 0. The molecule has 0 amide bonds. The second-order valence-corrected chi connectivity index (χ2v) is 18.4. The fourth-order valence-corrected chi connectivity index (χ4v) is 8.42. The fourth-order valence-electron chi connectivity index (χ4n) is 6.90. The molecule has 0 saturated carbocycles. The summed E-state index contributed by atoms with van der Waals surface area (Å²) in [5.74, 6) is -0.840. The van der Waals surface area contributed by atoms with Gasteiger partial charge in [-0.3, -0.25) is 13.7 Å². The lowest BCUT2D eigenvalue weighted by molar-refractivity contribution is 0.202. The second kappa shape index (κ2) is 19.0. The third kappa shape index (κ3) is 12.3. The van der Waals surface area contributed by atoms with Gasteiger partial charge in [0.25, 0.3) is 30.4 Å². The Morgan fingerprint density at radius 3 is 2.13 bits per heavy atom. The zero-order valence-corrected chi connectivity index (χ0v) is 34.0. The van der Waals surface area contributed by atoms with Crippen molar-refractivity contribution in [2.24, 2.45) is 0 Å². The maximum absolute atomic E-state index is 12.1. The van der Waals surface area contributed by atoms with Crippen LogP contribution in [0.5, 0.6) is 0 Å². The Kier molecular flexibility index (Phi) is 15.8. The van der Waals surface area contributed by atoms with E-state index in [2.05, 4.69) is 12.6 Å². The highest BCUT2D eigenvalue weighted by Gasteiger charge is 2.43. The summed E-state index contributed by atoms with van der Waals surface area (Å²) in [5, 5.41) is 0. The van der Waals surface area contributed by atoms with Crippen LogP contribution in [0.2, 0.25) is 0 Å². The molecule has 2 aromatic carbocycles. The molecule has 0 radical (unpaired) electrons. The van der Waals surface area contributed by atoms with Crippen LogP contribution in [0.25, 0.3) is 0 Å². The van der Waals surface area contributed by atoms with E-state index in [9.17, 15) is 38.9 Å². The number of methoxy groups -OCH3 is 2. The maximum atomic E-state index is 12.1. The van der Waals surface area contributed by atoms with Crippen molar-refractivity contribution < 1.29 is 48.4 Å². The summed E-state index contributed by atoms with van der Waals surface area (Å²) in [6.45, 7) is 11.5. The molecule has 0 bridgehead atoms. The number of benzene rings is 2. The summed E-state index contributed by atoms with van der Waals surface area (Å²) in [6, 6.07) is 10.5. The summed E-state index contributed by atoms with van der Waals surface area (Å²) < 4.78 is 110. The van der Waals surface area contributed by atoms with Crippen molar-refractivity contribution in [2.45, 2.75) is 68.6 Å². The Bertz CT molecular complexity index is 2100. The highest BCUT2D eigenvalue weighted by molar-refractivity contribution is 7.86. The van der Waals surface area contributed by atoms with Gasteiger partial charge in [0.1, 0.15) is 0 Å². The van der Waals surface area contributed by atoms with E-state index in [1.807, 2.05) is 62.1 Å². The number of anilines is 1. The van der Waals surface area contributed by atoms with Gasteiger partial charge in [-0.25, -0.2) is 0 Å². The van der Waals surface area contributed by atoms with E-state index < -0.39 is 46.9 Å². The van der Waals surface area contributed by atoms with Gasteiger partial charge in [0.15, 0.2) is 0 Å². The first-order valence-electron chi connectivity index (χ1n) is 17.5. The van der Waals surface area contributed by atoms with Crippen LogP contribution >= 0.6 is 0 Å². The van der Waals surface area contributed by atoms with Crippen LogP contribution in [0.1, 0.15) is 61.8 Å². The number of allylic oxidation sites excluding steroid dienone is 9. The Balaban J connectivity index is 1.94. The highest BCUT2D eigenvalue weighted by atomic mass is 32.2. The molecule has 0 spiro atoms. The number of nitrogens with zero attached hydrogens (tertiary/aromatic N) is 1. The SMILES string of the molecule is C=C(/C=C/C=C/C=C/C=C1/N(CCOC)c2ccc(S(=O)(=O)O)cc2C1(C)CCCS(=O)(=O)O)C(C)(CCCS(=O)(=O)O)c1cc(CCOC)ccc1C. The van der Waals surface area contributed by atoms with E-state index in [0.29, 0.717) is 43.9 Å². The Morgan fingerprint density at radius 2 is 1.50 bits per heavy atom.